The minimum Gasteiger partial charge on any atom is -0.271 e. The predicted molar refractivity (Wildman–Crippen MR) is 79.5 cm³/mol. The lowest BCUT2D eigenvalue weighted by atomic mass is 9.97. The van der Waals surface area contributed by atoms with Crippen LogP contribution >= 0.6 is 23.5 Å². The fourth-order valence-corrected chi connectivity index (χ4v) is 5.23. The Labute approximate surface area is 116 Å². The molecule has 2 nitrogen and oxygen atoms in total. The van der Waals surface area contributed by atoms with Gasteiger partial charge < -0.3 is 0 Å². The van der Waals surface area contributed by atoms with E-state index in [-0.39, 0.29) is 11.9 Å². The molecule has 2 atom stereocenters. The zero-order valence-corrected chi connectivity index (χ0v) is 12.3. The van der Waals surface area contributed by atoms with Gasteiger partial charge in [0.25, 0.3) is 0 Å². The Morgan fingerprint density at radius 2 is 2.17 bits per heavy atom. The summed E-state index contributed by atoms with van der Waals surface area (Å²) in [5.74, 6) is 8.83. The van der Waals surface area contributed by atoms with E-state index in [1.807, 2.05) is 43.4 Å². The number of hydrogen-bond donors (Lipinski definition) is 2. The Balaban J connectivity index is 2.32. The molecule has 2 rings (SSSR count). The van der Waals surface area contributed by atoms with Crippen LogP contribution in [0, 0.1) is 19.7 Å². The summed E-state index contributed by atoms with van der Waals surface area (Å²) in [5.41, 5.74) is 5.47. The summed E-state index contributed by atoms with van der Waals surface area (Å²) in [6.45, 7) is 3.87. The standard InChI is InChI=1S/C13H19FN2S2/c1-8-5-9(2)12(10(14)6-8)13(16-15)11-7-17-3-4-18-11/h5-6,11,13,16H,3-4,7,15H2,1-2H3. The van der Waals surface area contributed by atoms with Crippen LogP contribution in [0.5, 0.6) is 0 Å². The first-order valence-corrected chi connectivity index (χ1v) is 8.26. The molecule has 0 aromatic heterocycles. The molecule has 0 saturated carbocycles. The number of thioether (sulfide) groups is 2. The molecule has 18 heavy (non-hydrogen) atoms. The van der Waals surface area contributed by atoms with Crippen LogP contribution in [-0.4, -0.2) is 22.5 Å². The predicted octanol–water partition coefficient (Wildman–Crippen LogP) is 2.80. The molecule has 0 aliphatic carbocycles. The van der Waals surface area contributed by atoms with Crippen LogP contribution < -0.4 is 11.3 Å². The highest BCUT2D eigenvalue weighted by Gasteiger charge is 2.28. The van der Waals surface area contributed by atoms with Crippen molar-refractivity contribution in [3.8, 4) is 0 Å². The number of hydrogen-bond acceptors (Lipinski definition) is 4. The number of rotatable bonds is 3. The van der Waals surface area contributed by atoms with Crippen molar-refractivity contribution in [2.75, 3.05) is 17.3 Å². The van der Waals surface area contributed by atoms with Gasteiger partial charge in [-0.3, -0.25) is 11.3 Å². The van der Waals surface area contributed by atoms with E-state index in [1.165, 1.54) is 5.75 Å². The number of halogens is 1. The molecule has 0 bridgehead atoms. The van der Waals surface area contributed by atoms with E-state index in [0.29, 0.717) is 5.25 Å². The molecule has 0 radical (unpaired) electrons. The van der Waals surface area contributed by atoms with Crippen LogP contribution in [0.15, 0.2) is 12.1 Å². The maximum Gasteiger partial charge on any atom is 0.128 e. The van der Waals surface area contributed by atoms with Crippen LogP contribution in [0.2, 0.25) is 0 Å². The van der Waals surface area contributed by atoms with E-state index in [4.69, 9.17) is 5.84 Å². The van der Waals surface area contributed by atoms with E-state index in [0.717, 1.165) is 28.2 Å². The third-order valence-corrected chi connectivity index (χ3v) is 6.05. The quantitative estimate of drug-likeness (QED) is 0.662. The molecule has 1 aliphatic rings. The monoisotopic (exact) mass is 286 g/mol. The third-order valence-electron chi connectivity index (χ3n) is 3.18. The first-order valence-electron chi connectivity index (χ1n) is 6.05. The van der Waals surface area contributed by atoms with Crippen molar-refractivity contribution in [1.82, 2.24) is 5.43 Å². The lowest BCUT2D eigenvalue weighted by Gasteiger charge is -2.30. The van der Waals surface area contributed by atoms with E-state index in [9.17, 15) is 4.39 Å². The summed E-state index contributed by atoms with van der Waals surface area (Å²) in [5, 5.41) is 0.338. The van der Waals surface area contributed by atoms with Crippen molar-refractivity contribution in [2.45, 2.75) is 25.1 Å². The smallest absolute Gasteiger partial charge is 0.128 e. The number of nitrogens with two attached hydrogens (primary N) is 1. The molecule has 5 heteroatoms. The number of benzene rings is 1. The number of aryl methyl sites for hydroxylation is 2. The van der Waals surface area contributed by atoms with Gasteiger partial charge in [-0.2, -0.15) is 23.5 Å². The first kappa shape index (κ1) is 14.2. The minimum absolute atomic E-state index is 0.108. The number of hydrazine groups is 1. The molecule has 0 amide bonds. The molecule has 3 N–H and O–H groups in total. The molecule has 2 unspecified atom stereocenters. The van der Waals surface area contributed by atoms with E-state index >= 15 is 0 Å². The normalized spacial score (nSPS) is 21.9. The third kappa shape index (κ3) is 3.02. The summed E-state index contributed by atoms with van der Waals surface area (Å²) in [7, 11) is 0. The average Bonchev–Trinajstić information content (AvgIpc) is 2.34. The maximum atomic E-state index is 14.2. The summed E-state index contributed by atoms with van der Waals surface area (Å²) >= 11 is 3.80. The molecule has 0 spiro atoms. The molecule has 1 fully saturated rings. The van der Waals surface area contributed by atoms with Crippen molar-refractivity contribution in [2.24, 2.45) is 5.84 Å². The van der Waals surface area contributed by atoms with E-state index in [2.05, 4.69) is 5.43 Å². The second-order valence-electron chi connectivity index (χ2n) is 4.61. The van der Waals surface area contributed by atoms with Gasteiger partial charge in [0, 0.05) is 28.1 Å². The van der Waals surface area contributed by atoms with Crippen molar-refractivity contribution in [3.63, 3.8) is 0 Å². The van der Waals surface area contributed by atoms with Gasteiger partial charge in [-0.15, -0.1) is 0 Å². The SMILES string of the molecule is Cc1cc(C)c(C(NN)C2CSCCS2)c(F)c1. The Hall–Kier alpha value is -0.230. The van der Waals surface area contributed by atoms with E-state index < -0.39 is 0 Å². The highest BCUT2D eigenvalue weighted by atomic mass is 32.2. The van der Waals surface area contributed by atoms with Crippen LogP contribution in [0.4, 0.5) is 4.39 Å². The lowest BCUT2D eigenvalue weighted by Crippen LogP contribution is -2.38. The Morgan fingerprint density at radius 1 is 1.39 bits per heavy atom. The zero-order chi connectivity index (χ0) is 13.1. The largest absolute Gasteiger partial charge is 0.271 e. The maximum absolute atomic E-state index is 14.2. The minimum atomic E-state index is -0.147. The van der Waals surface area contributed by atoms with Crippen LogP contribution in [0.25, 0.3) is 0 Å². The van der Waals surface area contributed by atoms with Gasteiger partial charge in [-0.1, -0.05) is 6.07 Å². The van der Waals surface area contributed by atoms with Crippen LogP contribution in [0.1, 0.15) is 22.7 Å². The summed E-state index contributed by atoms with van der Waals surface area (Å²) in [4.78, 5) is 0. The average molecular weight is 286 g/mol. The summed E-state index contributed by atoms with van der Waals surface area (Å²) in [6.07, 6.45) is 0. The molecule has 1 aromatic carbocycles. The summed E-state index contributed by atoms with van der Waals surface area (Å²) in [6, 6.07) is 3.50. The summed E-state index contributed by atoms with van der Waals surface area (Å²) < 4.78 is 14.2. The van der Waals surface area contributed by atoms with Crippen molar-refractivity contribution in [3.05, 3.63) is 34.6 Å². The first-order chi connectivity index (χ1) is 8.63. The Bertz CT molecular complexity index is 396. The van der Waals surface area contributed by atoms with Crippen LogP contribution in [0.3, 0.4) is 0 Å². The molecular formula is C13H19FN2S2. The second kappa shape index (κ2) is 6.28. The molecule has 1 aromatic rings. The highest BCUT2D eigenvalue weighted by molar-refractivity contribution is 8.06. The van der Waals surface area contributed by atoms with Gasteiger partial charge in [-0.25, -0.2) is 4.39 Å². The van der Waals surface area contributed by atoms with E-state index in [1.54, 1.807) is 6.07 Å². The van der Waals surface area contributed by atoms with Gasteiger partial charge in [0.05, 0.1) is 6.04 Å². The van der Waals surface area contributed by atoms with Crippen molar-refractivity contribution in [1.29, 1.82) is 0 Å². The molecule has 1 saturated heterocycles. The Kier molecular flexibility index (Phi) is 4.95. The molecular weight excluding hydrogens is 267 g/mol. The fourth-order valence-electron chi connectivity index (χ4n) is 2.40. The topological polar surface area (TPSA) is 38.0 Å². The zero-order valence-electron chi connectivity index (χ0n) is 10.7. The van der Waals surface area contributed by atoms with Gasteiger partial charge in [0.15, 0.2) is 0 Å². The van der Waals surface area contributed by atoms with Crippen molar-refractivity contribution >= 4 is 23.5 Å². The fraction of sp³-hybridized carbons (Fsp3) is 0.538. The molecule has 100 valence electrons. The van der Waals surface area contributed by atoms with Crippen LogP contribution in [-0.2, 0) is 0 Å². The second-order valence-corrected chi connectivity index (χ2v) is 7.10. The van der Waals surface area contributed by atoms with Gasteiger partial charge in [0.2, 0.25) is 0 Å². The van der Waals surface area contributed by atoms with Gasteiger partial charge in [-0.05, 0) is 31.0 Å². The van der Waals surface area contributed by atoms with Crippen molar-refractivity contribution < 1.29 is 4.39 Å². The Morgan fingerprint density at radius 3 is 2.72 bits per heavy atom. The lowest BCUT2D eigenvalue weighted by molar-refractivity contribution is 0.508. The molecule has 1 aliphatic heterocycles. The number of nitrogens with one attached hydrogen (secondary N) is 1. The highest BCUT2D eigenvalue weighted by Crippen LogP contribution is 2.35. The molecule has 1 heterocycles. The van der Waals surface area contributed by atoms with Gasteiger partial charge >= 0.3 is 0 Å². The van der Waals surface area contributed by atoms with Gasteiger partial charge in [0.1, 0.15) is 5.82 Å².